The van der Waals surface area contributed by atoms with E-state index in [1.165, 1.54) is 16.0 Å². The minimum Gasteiger partial charge on any atom is -0.448 e. The van der Waals surface area contributed by atoms with Crippen molar-refractivity contribution in [2.75, 3.05) is 57.4 Å². The first-order valence-corrected chi connectivity index (χ1v) is 14.9. The number of hydrogen-bond donors (Lipinski definition) is 5. The summed E-state index contributed by atoms with van der Waals surface area (Å²) in [6, 6.07) is 8.77. The van der Waals surface area contributed by atoms with Crippen LogP contribution >= 0.6 is 7.60 Å². The SMILES string of the molecule is CCCCOP(=O)(O)C[C@H](NC(=O)c1cc(NCCO)nc(-c2ccccc2)n1)C(=O)N1CCN(OC(=O)O)CC1. The van der Waals surface area contributed by atoms with E-state index in [0.717, 1.165) is 6.42 Å². The van der Waals surface area contributed by atoms with Gasteiger partial charge in [-0.15, -0.1) is 5.06 Å². The van der Waals surface area contributed by atoms with Crippen LogP contribution in [0.25, 0.3) is 11.4 Å². The van der Waals surface area contributed by atoms with Gasteiger partial charge in [-0.2, -0.15) is 0 Å². The molecule has 1 saturated heterocycles. The first-order chi connectivity index (χ1) is 19.6. The summed E-state index contributed by atoms with van der Waals surface area (Å²) in [6.45, 7) is 2.16. The van der Waals surface area contributed by atoms with Crippen molar-refractivity contribution in [1.29, 1.82) is 0 Å². The van der Waals surface area contributed by atoms with Gasteiger partial charge in [-0.25, -0.2) is 14.8 Å². The normalized spacial score (nSPS) is 15.9. The molecule has 2 atom stereocenters. The highest BCUT2D eigenvalue weighted by molar-refractivity contribution is 7.52. The number of anilines is 1. The summed E-state index contributed by atoms with van der Waals surface area (Å²) in [4.78, 5) is 62.9. The standard InChI is InChI=1S/C25H35N6O9P/c1-2-3-15-39-41(37,38)17-20(24(34)30-10-12-31(13-11-30)40-25(35)36)28-23(33)19-16-21(26-9-14-32)29-22(27-19)18-7-5-4-6-8-18/h4-8,16,20,32H,2-3,9-15,17H2,1H3,(H,28,33)(H,35,36)(H,37,38)(H,26,27,29)/t20-/m0/s1. The van der Waals surface area contributed by atoms with Gasteiger partial charge in [0.25, 0.3) is 5.91 Å². The van der Waals surface area contributed by atoms with Crippen LogP contribution in [0.4, 0.5) is 10.6 Å². The van der Waals surface area contributed by atoms with Crippen LogP contribution in [0.2, 0.25) is 0 Å². The summed E-state index contributed by atoms with van der Waals surface area (Å²) in [7, 11) is -4.29. The molecule has 16 heteroatoms. The van der Waals surface area contributed by atoms with Gasteiger partial charge in [0, 0.05) is 31.3 Å². The molecule has 0 aliphatic carbocycles. The number of carbonyl (C=O) groups is 3. The number of hydroxylamine groups is 2. The average molecular weight is 595 g/mol. The van der Waals surface area contributed by atoms with Crippen molar-refractivity contribution in [3.8, 4) is 11.4 Å². The fourth-order valence-corrected chi connectivity index (χ4v) is 5.17. The third-order valence-electron chi connectivity index (χ3n) is 5.97. The van der Waals surface area contributed by atoms with Crippen molar-refractivity contribution in [2.45, 2.75) is 25.8 Å². The first kappa shape index (κ1) is 31.9. The van der Waals surface area contributed by atoms with E-state index in [9.17, 15) is 28.9 Å². The Kier molecular flexibility index (Phi) is 12.0. The van der Waals surface area contributed by atoms with Crippen molar-refractivity contribution in [1.82, 2.24) is 25.2 Å². The quantitative estimate of drug-likeness (QED) is 0.155. The summed E-state index contributed by atoms with van der Waals surface area (Å²) in [5.74, 6) is -0.966. The molecule has 3 rings (SSSR count). The monoisotopic (exact) mass is 594 g/mol. The largest absolute Gasteiger partial charge is 0.525 e. The van der Waals surface area contributed by atoms with Gasteiger partial charge in [0.15, 0.2) is 5.82 Å². The number of unbranched alkanes of at least 4 members (excludes halogenated alkanes) is 1. The number of amides is 2. The van der Waals surface area contributed by atoms with Gasteiger partial charge >= 0.3 is 13.8 Å². The number of nitrogens with one attached hydrogen (secondary N) is 2. The Labute approximate surface area is 237 Å². The lowest BCUT2D eigenvalue weighted by molar-refractivity contribution is -0.154. The molecule has 0 radical (unpaired) electrons. The van der Waals surface area contributed by atoms with E-state index in [-0.39, 0.29) is 63.3 Å². The highest BCUT2D eigenvalue weighted by Gasteiger charge is 2.36. The molecule has 41 heavy (non-hydrogen) atoms. The Hall–Kier alpha value is -3.62. The molecule has 1 aromatic heterocycles. The first-order valence-electron chi connectivity index (χ1n) is 13.1. The smallest absolute Gasteiger partial charge is 0.448 e. The molecule has 1 aliphatic rings. The lowest BCUT2D eigenvalue weighted by atomic mass is 10.2. The Morgan fingerprint density at radius 1 is 1.12 bits per heavy atom. The van der Waals surface area contributed by atoms with E-state index < -0.39 is 37.8 Å². The molecule has 2 aromatic rings. The third-order valence-corrected chi connectivity index (χ3v) is 7.39. The topological polar surface area (TPSA) is 204 Å². The van der Waals surface area contributed by atoms with Crippen LogP contribution in [-0.4, -0.2) is 111 Å². The van der Waals surface area contributed by atoms with E-state index in [1.54, 1.807) is 24.3 Å². The van der Waals surface area contributed by atoms with Gasteiger partial charge in [0.2, 0.25) is 5.91 Å². The molecule has 1 unspecified atom stereocenters. The van der Waals surface area contributed by atoms with Crippen molar-refractivity contribution in [3.63, 3.8) is 0 Å². The van der Waals surface area contributed by atoms with Crippen LogP contribution < -0.4 is 10.6 Å². The van der Waals surface area contributed by atoms with Crippen molar-refractivity contribution in [3.05, 3.63) is 42.1 Å². The van der Waals surface area contributed by atoms with Crippen LogP contribution in [0.1, 0.15) is 30.3 Å². The van der Waals surface area contributed by atoms with Gasteiger partial charge in [0.1, 0.15) is 17.6 Å². The summed E-state index contributed by atoms with van der Waals surface area (Å²) in [6.07, 6.45) is -0.896. The molecule has 5 N–H and O–H groups in total. The molecule has 1 fully saturated rings. The third kappa shape index (κ3) is 10.1. The molecule has 224 valence electrons. The highest BCUT2D eigenvalue weighted by atomic mass is 31.2. The molecule has 0 saturated carbocycles. The maximum atomic E-state index is 13.5. The summed E-state index contributed by atoms with van der Waals surface area (Å²) >= 11 is 0. The Bertz CT molecular complexity index is 1230. The molecule has 2 heterocycles. The van der Waals surface area contributed by atoms with Crippen molar-refractivity contribution < 1.29 is 43.4 Å². The molecular formula is C25H35N6O9P. The maximum Gasteiger partial charge on any atom is 0.525 e. The van der Waals surface area contributed by atoms with Gasteiger partial charge in [-0.3, -0.25) is 14.2 Å². The maximum absolute atomic E-state index is 13.5. The van der Waals surface area contributed by atoms with E-state index in [2.05, 4.69) is 25.4 Å². The van der Waals surface area contributed by atoms with Crippen LogP contribution in [-0.2, 0) is 18.7 Å². The summed E-state index contributed by atoms with van der Waals surface area (Å²) in [5, 5.41) is 24.6. The second kappa shape index (κ2) is 15.4. The summed E-state index contributed by atoms with van der Waals surface area (Å²) in [5.41, 5.74) is 0.504. The Morgan fingerprint density at radius 2 is 1.83 bits per heavy atom. The summed E-state index contributed by atoms with van der Waals surface area (Å²) < 4.78 is 18.0. The van der Waals surface area contributed by atoms with Crippen LogP contribution in [0.3, 0.4) is 0 Å². The zero-order valence-corrected chi connectivity index (χ0v) is 23.5. The predicted molar refractivity (Wildman–Crippen MR) is 147 cm³/mol. The minimum atomic E-state index is -4.29. The number of aliphatic hydroxyl groups excluding tert-OH is 1. The van der Waals surface area contributed by atoms with Crippen molar-refractivity contribution in [2.24, 2.45) is 0 Å². The lowest BCUT2D eigenvalue weighted by Gasteiger charge is -2.35. The van der Waals surface area contributed by atoms with Gasteiger partial charge in [-0.1, -0.05) is 43.7 Å². The van der Waals surface area contributed by atoms with E-state index in [1.807, 2.05) is 13.0 Å². The van der Waals surface area contributed by atoms with Crippen LogP contribution in [0.5, 0.6) is 0 Å². The number of benzene rings is 1. The van der Waals surface area contributed by atoms with E-state index in [0.29, 0.717) is 12.0 Å². The fourth-order valence-electron chi connectivity index (χ4n) is 3.94. The number of aromatic nitrogens is 2. The van der Waals surface area contributed by atoms with Crippen LogP contribution in [0.15, 0.2) is 36.4 Å². The number of nitrogens with zero attached hydrogens (tertiary/aromatic N) is 4. The van der Waals surface area contributed by atoms with E-state index >= 15 is 0 Å². The molecule has 2 amide bonds. The number of rotatable bonds is 14. The second-order valence-corrected chi connectivity index (χ2v) is 11.0. The second-order valence-electron chi connectivity index (χ2n) is 9.12. The number of hydrogen-bond acceptors (Lipinski definition) is 11. The molecule has 1 aliphatic heterocycles. The lowest BCUT2D eigenvalue weighted by Crippen LogP contribution is -2.56. The fraction of sp³-hybridized carbons (Fsp3) is 0.480. The number of carboxylic acid groups (broad SMARTS) is 1. The Balaban J connectivity index is 1.85. The molecular weight excluding hydrogens is 559 g/mol. The molecule has 0 spiro atoms. The Morgan fingerprint density at radius 3 is 2.46 bits per heavy atom. The number of carbonyl (C=O) groups excluding carboxylic acids is 2. The average Bonchev–Trinajstić information content (AvgIpc) is 2.95. The molecule has 0 bridgehead atoms. The molecule has 15 nitrogen and oxygen atoms in total. The number of aliphatic hydroxyl groups is 1. The highest BCUT2D eigenvalue weighted by Crippen LogP contribution is 2.43. The molecule has 1 aromatic carbocycles. The zero-order chi connectivity index (χ0) is 29.8. The van der Waals surface area contributed by atoms with Crippen LogP contribution in [0, 0.1) is 0 Å². The number of piperazine rings is 1. The van der Waals surface area contributed by atoms with Gasteiger partial charge < -0.3 is 40.0 Å². The van der Waals surface area contributed by atoms with Crippen molar-refractivity contribution >= 4 is 31.4 Å². The minimum absolute atomic E-state index is 0.0105. The zero-order valence-electron chi connectivity index (χ0n) is 22.6. The van der Waals surface area contributed by atoms with Gasteiger partial charge in [0.05, 0.1) is 32.5 Å². The van der Waals surface area contributed by atoms with Gasteiger partial charge in [-0.05, 0) is 6.42 Å². The predicted octanol–water partition coefficient (Wildman–Crippen LogP) is 1.40. The van der Waals surface area contributed by atoms with E-state index in [4.69, 9.17) is 9.63 Å².